The van der Waals surface area contributed by atoms with Crippen LogP contribution in [0.3, 0.4) is 0 Å². The van der Waals surface area contributed by atoms with E-state index in [-0.39, 0.29) is 11.8 Å². The molecule has 47 heavy (non-hydrogen) atoms. The molecule has 2 fully saturated rings. The van der Waals surface area contributed by atoms with Crippen molar-refractivity contribution in [3.63, 3.8) is 0 Å². The van der Waals surface area contributed by atoms with Crippen molar-refractivity contribution in [1.82, 2.24) is 29.5 Å². The van der Waals surface area contributed by atoms with Crippen molar-refractivity contribution in [2.75, 3.05) is 49.9 Å². The van der Waals surface area contributed by atoms with E-state index in [1.165, 1.54) is 5.57 Å². The number of nitrogen functional groups attached to an aromatic ring is 1. The van der Waals surface area contributed by atoms with Gasteiger partial charge in [0.25, 0.3) is 0 Å². The molecule has 3 aliphatic rings. The number of aromatic nitrogens is 4. The number of nitrogens with zero attached hydrogens (tertiary/aromatic N) is 7. The quantitative estimate of drug-likeness (QED) is 0.234. The molecule has 0 aliphatic carbocycles. The van der Waals surface area contributed by atoms with Gasteiger partial charge in [0.15, 0.2) is 5.82 Å². The molecule has 4 aromatic rings. The maximum atomic E-state index is 13.9. The Balaban J connectivity index is 0.960. The van der Waals surface area contributed by atoms with Crippen LogP contribution in [0.1, 0.15) is 41.6 Å². The molecule has 7 rings (SSSR count). The Morgan fingerprint density at radius 2 is 1.79 bits per heavy atom. The van der Waals surface area contributed by atoms with Crippen LogP contribution >= 0.6 is 0 Å². The first-order chi connectivity index (χ1) is 22.7. The molecule has 3 N–H and O–H groups in total. The molecule has 0 unspecified atom stereocenters. The number of amides is 2. The molecule has 3 aliphatic heterocycles. The number of nitrogens with two attached hydrogens (primary N) is 1. The summed E-state index contributed by atoms with van der Waals surface area (Å²) in [4.78, 5) is 41.7. The number of carbonyl (C=O) groups excluding carboxylic acids is 2. The average molecular weight is 630 g/mol. The Hall–Kier alpha value is -5.16. The van der Waals surface area contributed by atoms with Gasteiger partial charge in [0.2, 0.25) is 11.8 Å². The molecular weight excluding hydrogens is 590 g/mol. The van der Waals surface area contributed by atoms with E-state index in [9.17, 15) is 9.59 Å². The van der Waals surface area contributed by atoms with Crippen LogP contribution in [-0.2, 0) is 16.6 Å². The second kappa shape index (κ2) is 12.2. The zero-order chi connectivity index (χ0) is 32.7. The fourth-order valence-corrected chi connectivity index (χ4v) is 7.08. The predicted molar refractivity (Wildman–Crippen MR) is 182 cm³/mol. The van der Waals surface area contributed by atoms with Gasteiger partial charge in [0, 0.05) is 73.2 Å². The standard InChI is InChI=1S/C36H39N9O2/c1-24-19-28(9-14-39-24)33(38)30-20-29(7-8-31(30)37)45-18-13-36(35(45)47)12-17-43(22-36)21-32(46)44-15-10-26(11-16-44)25-3-5-27(6-4-25)34-40-23-42(2)41-34/h3-10,14,19-20,23,38H,11-13,15-18,21-22,37H2,1-2H3/t36-/m0/s1. The molecule has 2 aromatic heterocycles. The molecule has 2 saturated heterocycles. The van der Waals surface area contributed by atoms with Gasteiger partial charge >= 0.3 is 0 Å². The molecular formula is C36H39N9O2. The number of likely N-dealkylation sites (tertiary alicyclic amines) is 1. The Morgan fingerprint density at radius 3 is 2.51 bits per heavy atom. The largest absolute Gasteiger partial charge is 0.398 e. The molecule has 11 heteroatoms. The molecule has 240 valence electrons. The second-order valence-electron chi connectivity index (χ2n) is 12.9. The van der Waals surface area contributed by atoms with Gasteiger partial charge < -0.3 is 15.5 Å². The number of rotatable bonds is 7. The van der Waals surface area contributed by atoms with Gasteiger partial charge in [0.05, 0.1) is 17.7 Å². The van der Waals surface area contributed by atoms with Gasteiger partial charge in [-0.2, -0.15) is 5.10 Å². The fourth-order valence-electron chi connectivity index (χ4n) is 7.08. The van der Waals surface area contributed by atoms with Crippen molar-refractivity contribution in [2.45, 2.75) is 26.2 Å². The molecule has 2 aromatic carbocycles. The van der Waals surface area contributed by atoms with Gasteiger partial charge in [-0.15, -0.1) is 0 Å². The number of hydrogen-bond donors (Lipinski definition) is 2. The summed E-state index contributed by atoms with van der Waals surface area (Å²) >= 11 is 0. The van der Waals surface area contributed by atoms with Crippen LogP contribution in [0.2, 0.25) is 0 Å². The summed E-state index contributed by atoms with van der Waals surface area (Å²) in [5, 5.41) is 13.2. The van der Waals surface area contributed by atoms with E-state index in [0.29, 0.717) is 55.5 Å². The molecule has 11 nitrogen and oxygen atoms in total. The highest BCUT2D eigenvalue weighted by atomic mass is 16.2. The highest BCUT2D eigenvalue weighted by Crippen LogP contribution is 2.43. The summed E-state index contributed by atoms with van der Waals surface area (Å²) in [7, 11) is 1.85. The molecule has 2 amide bonds. The summed E-state index contributed by atoms with van der Waals surface area (Å²) in [6.45, 7) is 5.36. The summed E-state index contributed by atoms with van der Waals surface area (Å²) < 4.78 is 1.69. The minimum absolute atomic E-state index is 0.0878. The third-order valence-corrected chi connectivity index (χ3v) is 9.78. The van der Waals surface area contributed by atoms with Crippen molar-refractivity contribution in [3.05, 3.63) is 95.6 Å². The molecule has 0 saturated carbocycles. The van der Waals surface area contributed by atoms with Crippen molar-refractivity contribution < 1.29 is 9.59 Å². The van der Waals surface area contributed by atoms with E-state index in [0.717, 1.165) is 53.9 Å². The number of pyridine rings is 1. The van der Waals surface area contributed by atoms with Crippen LogP contribution in [0.25, 0.3) is 17.0 Å². The van der Waals surface area contributed by atoms with Crippen LogP contribution in [0.5, 0.6) is 0 Å². The number of anilines is 2. The van der Waals surface area contributed by atoms with Crippen LogP contribution in [0.15, 0.2) is 73.2 Å². The monoisotopic (exact) mass is 629 g/mol. The molecule has 5 heterocycles. The number of carbonyl (C=O) groups is 2. The molecule has 0 bridgehead atoms. The Labute approximate surface area is 274 Å². The first-order valence-corrected chi connectivity index (χ1v) is 16.1. The van der Waals surface area contributed by atoms with Crippen LogP contribution in [-0.4, -0.2) is 86.3 Å². The average Bonchev–Trinajstić information content (AvgIpc) is 3.80. The highest BCUT2D eigenvalue weighted by Gasteiger charge is 2.51. The van der Waals surface area contributed by atoms with Crippen molar-refractivity contribution in [1.29, 1.82) is 5.41 Å². The second-order valence-corrected chi connectivity index (χ2v) is 12.9. The van der Waals surface area contributed by atoms with Crippen molar-refractivity contribution in [2.24, 2.45) is 12.5 Å². The number of nitrogens with one attached hydrogen (secondary N) is 1. The number of aryl methyl sites for hydroxylation is 2. The minimum atomic E-state index is -0.497. The maximum absolute atomic E-state index is 13.9. The Bertz CT molecular complexity index is 1900. The Kier molecular flexibility index (Phi) is 7.93. The lowest BCUT2D eigenvalue weighted by molar-refractivity contribution is -0.132. The first-order valence-electron chi connectivity index (χ1n) is 16.1. The summed E-state index contributed by atoms with van der Waals surface area (Å²) in [6.07, 6.45) is 7.80. The zero-order valence-electron chi connectivity index (χ0n) is 26.8. The summed E-state index contributed by atoms with van der Waals surface area (Å²) in [5.74, 6) is 0.894. The fraction of sp³-hybridized carbons (Fsp3) is 0.333. The summed E-state index contributed by atoms with van der Waals surface area (Å²) in [5.41, 5.74) is 12.9. The topological polar surface area (TPSA) is 137 Å². The zero-order valence-corrected chi connectivity index (χ0v) is 26.8. The third-order valence-electron chi connectivity index (χ3n) is 9.78. The van der Waals surface area contributed by atoms with Gasteiger partial charge in [-0.05, 0) is 74.2 Å². The third kappa shape index (κ3) is 5.94. The van der Waals surface area contributed by atoms with E-state index >= 15 is 0 Å². The van der Waals surface area contributed by atoms with Gasteiger partial charge in [-0.25, -0.2) is 4.98 Å². The minimum Gasteiger partial charge on any atom is -0.398 e. The van der Waals surface area contributed by atoms with Crippen LogP contribution < -0.4 is 10.6 Å². The van der Waals surface area contributed by atoms with Crippen LogP contribution in [0, 0.1) is 17.7 Å². The van der Waals surface area contributed by atoms with E-state index in [1.54, 1.807) is 29.3 Å². The molecule has 1 spiro atoms. The van der Waals surface area contributed by atoms with E-state index in [1.807, 2.05) is 54.1 Å². The van der Waals surface area contributed by atoms with Gasteiger partial charge in [0.1, 0.15) is 6.33 Å². The van der Waals surface area contributed by atoms with Crippen LogP contribution in [0.4, 0.5) is 11.4 Å². The normalized spacial score (nSPS) is 19.9. The van der Waals surface area contributed by atoms with Gasteiger partial charge in [-0.1, -0.05) is 30.3 Å². The lowest BCUT2D eigenvalue weighted by atomic mass is 9.85. The molecule has 1 atom stereocenters. The molecule has 0 radical (unpaired) electrons. The van der Waals surface area contributed by atoms with E-state index in [2.05, 4.69) is 38.2 Å². The van der Waals surface area contributed by atoms with E-state index in [4.69, 9.17) is 11.1 Å². The number of hydrogen-bond acceptors (Lipinski definition) is 8. The smallest absolute Gasteiger partial charge is 0.237 e. The lowest BCUT2D eigenvalue weighted by Crippen LogP contribution is -2.43. The highest BCUT2D eigenvalue weighted by molar-refractivity contribution is 6.14. The number of benzene rings is 2. The van der Waals surface area contributed by atoms with Gasteiger partial charge in [-0.3, -0.25) is 29.6 Å². The van der Waals surface area contributed by atoms with Crippen molar-refractivity contribution in [3.8, 4) is 11.4 Å². The SMILES string of the molecule is Cc1cc(C(=N)c2cc(N3CC[C@]4(CCN(CC(=O)N5CC=C(c6ccc(-c7ncn(C)n7)cc6)CC5)C4)C3=O)ccc2N)ccn1. The predicted octanol–water partition coefficient (Wildman–Crippen LogP) is 3.93. The maximum Gasteiger partial charge on any atom is 0.237 e. The lowest BCUT2D eigenvalue weighted by Gasteiger charge is -2.29. The van der Waals surface area contributed by atoms with E-state index < -0.39 is 5.41 Å². The van der Waals surface area contributed by atoms with Crippen molar-refractivity contribution >= 4 is 34.5 Å². The summed E-state index contributed by atoms with van der Waals surface area (Å²) in [6, 6.07) is 17.4. The Morgan fingerprint density at radius 1 is 1.00 bits per heavy atom. The first kappa shape index (κ1) is 30.5.